The van der Waals surface area contributed by atoms with E-state index < -0.39 is 5.91 Å². The fraction of sp³-hybridized carbons (Fsp3) is 0.118. The van der Waals surface area contributed by atoms with Crippen LogP contribution in [0.1, 0.15) is 26.6 Å². The number of carbonyl (C=O) groups is 1. The average molecular weight is 309 g/mol. The summed E-state index contributed by atoms with van der Waals surface area (Å²) in [7, 11) is 0. The topological polar surface area (TPSA) is 68.9 Å². The van der Waals surface area contributed by atoms with Crippen LogP contribution in [-0.4, -0.2) is 15.9 Å². The van der Waals surface area contributed by atoms with E-state index in [9.17, 15) is 4.79 Å². The molecule has 5 heteroatoms. The minimum absolute atomic E-state index is 0.436. The van der Waals surface area contributed by atoms with E-state index in [0.717, 1.165) is 26.8 Å². The zero-order valence-corrected chi connectivity index (χ0v) is 12.9. The van der Waals surface area contributed by atoms with E-state index in [1.54, 1.807) is 29.7 Å². The number of thiazole rings is 1. The van der Waals surface area contributed by atoms with Crippen LogP contribution < -0.4 is 5.73 Å². The van der Waals surface area contributed by atoms with Crippen molar-refractivity contribution in [3.63, 3.8) is 0 Å². The van der Waals surface area contributed by atoms with Crippen molar-refractivity contribution >= 4 is 17.2 Å². The van der Waals surface area contributed by atoms with Crippen LogP contribution in [0.25, 0.3) is 10.6 Å². The van der Waals surface area contributed by atoms with Crippen LogP contribution in [0.15, 0.2) is 48.7 Å². The second-order valence-corrected chi connectivity index (χ2v) is 6.05. The Kier molecular flexibility index (Phi) is 3.98. The molecule has 3 aromatic rings. The van der Waals surface area contributed by atoms with Gasteiger partial charge in [-0.1, -0.05) is 30.3 Å². The minimum atomic E-state index is -0.436. The van der Waals surface area contributed by atoms with Gasteiger partial charge in [0.15, 0.2) is 0 Å². The SMILES string of the molecule is Cc1nc(-c2ccccc2)sc1Cc1cc(C(N)=O)ccn1. The van der Waals surface area contributed by atoms with Crippen LogP contribution in [0.4, 0.5) is 0 Å². The van der Waals surface area contributed by atoms with Crippen molar-refractivity contribution in [3.05, 3.63) is 70.5 Å². The maximum Gasteiger partial charge on any atom is 0.248 e. The number of hydrogen-bond donors (Lipinski definition) is 1. The van der Waals surface area contributed by atoms with E-state index in [1.165, 1.54) is 0 Å². The largest absolute Gasteiger partial charge is 0.366 e. The smallest absolute Gasteiger partial charge is 0.248 e. The molecule has 0 aliphatic heterocycles. The van der Waals surface area contributed by atoms with Gasteiger partial charge in [-0.2, -0.15) is 0 Å². The first kappa shape index (κ1) is 14.4. The number of aryl methyl sites for hydroxylation is 1. The first-order valence-corrected chi connectivity index (χ1v) is 7.71. The summed E-state index contributed by atoms with van der Waals surface area (Å²) < 4.78 is 0. The van der Waals surface area contributed by atoms with Gasteiger partial charge in [-0.15, -0.1) is 11.3 Å². The molecule has 22 heavy (non-hydrogen) atoms. The van der Waals surface area contributed by atoms with Crippen molar-refractivity contribution in [2.75, 3.05) is 0 Å². The number of primary amides is 1. The molecule has 0 bridgehead atoms. The monoisotopic (exact) mass is 309 g/mol. The highest BCUT2D eigenvalue weighted by atomic mass is 32.1. The molecule has 0 aliphatic carbocycles. The molecule has 0 atom stereocenters. The number of nitrogens with two attached hydrogens (primary N) is 1. The van der Waals surface area contributed by atoms with Crippen molar-refractivity contribution in [2.24, 2.45) is 5.73 Å². The number of carbonyl (C=O) groups excluding carboxylic acids is 1. The van der Waals surface area contributed by atoms with Gasteiger partial charge in [0.25, 0.3) is 0 Å². The summed E-state index contributed by atoms with van der Waals surface area (Å²) in [6.45, 7) is 2.00. The Morgan fingerprint density at radius 1 is 1.23 bits per heavy atom. The average Bonchev–Trinajstić information content (AvgIpc) is 2.89. The van der Waals surface area contributed by atoms with Crippen LogP contribution in [0.2, 0.25) is 0 Å². The van der Waals surface area contributed by atoms with Crippen LogP contribution in [0.3, 0.4) is 0 Å². The molecule has 0 spiro atoms. The lowest BCUT2D eigenvalue weighted by molar-refractivity contribution is 0.1000. The summed E-state index contributed by atoms with van der Waals surface area (Å²) >= 11 is 1.65. The Morgan fingerprint density at radius 3 is 2.73 bits per heavy atom. The summed E-state index contributed by atoms with van der Waals surface area (Å²) in [6, 6.07) is 13.5. The fourth-order valence-corrected chi connectivity index (χ4v) is 3.27. The Balaban J connectivity index is 1.89. The Labute approximate surface area is 132 Å². The molecule has 2 N–H and O–H groups in total. The van der Waals surface area contributed by atoms with E-state index in [-0.39, 0.29) is 0 Å². The van der Waals surface area contributed by atoms with E-state index in [4.69, 9.17) is 5.73 Å². The molecule has 4 nitrogen and oxygen atoms in total. The number of benzene rings is 1. The fourth-order valence-electron chi connectivity index (χ4n) is 2.19. The molecule has 0 aliphatic rings. The molecule has 1 amide bonds. The predicted octanol–water partition coefficient (Wildman–Crippen LogP) is 3.20. The predicted molar refractivity (Wildman–Crippen MR) is 87.8 cm³/mol. The normalized spacial score (nSPS) is 10.6. The first-order valence-electron chi connectivity index (χ1n) is 6.90. The number of amides is 1. The van der Waals surface area contributed by atoms with Crippen LogP contribution in [0.5, 0.6) is 0 Å². The second kappa shape index (κ2) is 6.07. The second-order valence-electron chi connectivity index (χ2n) is 4.97. The molecular formula is C17H15N3OS. The van der Waals surface area contributed by atoms with Crippen LogP contribution in [0, 0.1) is 6.92 Å². The summed E-state index contributed by atoms with van der Waals surface area (Å²) in [5.74, 6) is -0.436. The van der Waals surface area contributed by atoms with Gasteiger partial charge in [0.2, 0.25) is 5.91 Å². The van der Waals surface area contributed by atoms with Crippen molar-refractivity contribution in [1.82, 2.24) is 9.97 Å². The minimum Gasteiger partial charge on any atom is -0.366 e. The highest BCUT2D eigenvalue weighted by Gasteiger charge is 2.11. The molecule has 3 rings (SSSR count). The zero-order chi connectivity index (χ0) is 15.5. The van der Waals surface area contributed by atoms with Gasteiger partial charge in [-0.05, 0) is 19.1 Å². The lowest BCUT2D eigenvalue weighted by atomic mass is 10.1. The number of rotatable bonds is 4. The number of pyridine rings is 1. The first-order chi connectivity index (χ1) is 10.6. The Hall–Kier alpha value is -2.53. The van der Waals surface area contributed by atoms with Crippen molar-refractivity contribution in [2.45, 2.75) is 13.3 Å². The molecule has 0 saturated carbocycles. The van der Waals surface area contributed by atoms with Gasteiger partial charge < -0.3 is 5.73 Å². The number of hydrogen-bond acceptors (Lipinski definition) is 4. The van der Waals surface area contributed by atoms with Crippen LogP contribution >= 0.6 is 11.3 Å². The van der Waals surface area contributed by atoms with Gasteiger partial charge >= 0.3 is 0 Å². The lowest BCUT2D eigenvalue weighted by Crippen LogP contribution is -2.11. The van der Waals surface area contributed by atoms with Crippen molar-refractivity contribution in [3.8, 4) is 10.6 Å². The van der Waals surface area contributed by atoms with Gasteiger partial charge in [-0.25, -0.2) is 4.98 Å². The molecular weight excluding hydrogens is 294 g/mol. The third kappa shape index (κ3) is 3.04. The highest BCUT2D eigenvalue weighted by Crippen LogP contribution is 2.29. The Morgan fingerprint density at radius 2 is 2.00 bits per heavy atom. The molecule has 0 unspecified atom stereocenters. The summed E-state index contributed by atoms with van der Waals surface area (Å²) in [4.78, 5) is 21.3. The molecule has 1 aromatic carbocycles. The van der Waals surface area contributed by atoms with Crippen LogP contribution in [-0.2, 0) is 6.42 Å². The molecule has 0 fully saturated rings. The van der Waals surface area contributed by atoms with E-state index >= 15 is 0 Å². The quantitative estimate of drug-likeness (QED) is 0.804. The summed E-state index contributed by atoms with van der Waals surface area (Å²) in [5.41, 5.74) is 8.72. The van der Waals surface area contributed by atoms with Gasteiger partial charge in [0.1, 0.15) is 5.01 Å². The molecule has 2 heterocycles. The maximum atomic E-state index is 11.2. The van der Waals surface area contributed by atoms with Crippen molar-refractivity contribution in [1.29, 1.82) is 0 Å². The standard InChI is InChI=1S/C17H15N3OS/c1-11-15(10-14-9-13(16(18)21)7-8-19-14)22-17(20-11)12-5-3-2-4-6-12/h2-9H,10H2,1H3,(H2,18,21). The number of aromatic nitrogens is 2. The zero-order valence-electron chi connectivity index (χ0n) is 12.1. The lowest BCUT2D eigenvalue weighted by Gasteiger charge is -2.01. The number of nitrogens with zero attached hydrogens (tertiary/aromatic N) is 2. The molecule has 0 saturated heterocycles. The molecule has 2 aromatic heterocycles. The Bertz CT molecular complexity index is 812. The van der Waals surface area contributed by atoms with E-state index in [0.29, 0.717) is 12.0 Å². The molecule has 0 radical (unpaired) electrons. The van der Waals surface area contributed by atoms with E-state index in [1.807, 2.05) is 37.3 Å². The molecule has 110 valence electrons. The van der Waals surface area contributed by atoms with Gasteiger partial charge in [-0.3, -0.25) is 9.78 Å². The third-order valence-electron chi connectivity index (χ3n) is 3.36. The third-order valence-corrected chi connectivity index (χ3v) is 4.56. The van der Waals surface area contributed by atoms with E-state index in [2.05, 4.69) is 9.97 Å². The summed E-state index contributed by atoms with van der Waals surface area (Å²) in [5, 5.41) is 0.999. The van der Waals surface area contributed by atoms with Gasteiger partial charge in [0, 0.05) is 34.3 Å². The van der Waals surface area contributed by atoms with Gasteiger partial charge in [0.05, 0.1) is 5.69 Å². The van der Waals surface area contributed by atoms with Crippen molar-refractivity contribution < 1.29 is 4.79 Å². The maximum absolute atomic E-state index is 11.2. The summed E-state index contributed by atoms with van der Waals surface area (Å²) in [6.07, 6.45) is 2.27. The highest BCUT2D eigenvalue weighted by molar-refractivity contribution is 7.15.